The molecule has 1 aromatic heterocycles. The van der Waals surface area contributed by atoms with E-state index in [-0.39, 0.29) is 4.90 Å². The lowest BCUT2D eigenvalue weighted by molar-refractivity contribution is 0.266. The summed E-state index contributed by atoms with van der Waals surface area (Å²) in [6.07, 6.45) is 2.58. The van der Waals surface area contributed by atoms with Gasteiger partial charge in [-0.15, -0.1) is 0 Å². The molecule has 4 rings (SSSR count). The highest BCUT2D eigenvalue weighted by molar-refractivity contribution is 7.85. The van der Waals surface area contributed by atoms with Crippen molar-refractivity contribution in [3.63, 3.8) is 0 Å². The lowest BCUT2D eigenvalue weighted by Crippen LogP contribution is -2.12. The third-order valence-electron chi connectivity index (χ3n) is 4.42. The number of aromatic amines is 1. The molecule has 1 aliphatic rings. The van der Waals surface area contributed by atoms with E-state index >= 15 is 0 Å². The minimum atomic E-state index is -4.33. The Morgan fingerprint density at radius 2 is 2.00 bits per heavy atom. The van der Waals surface area contributed by atoms with E-state index in [9.17, 15) is 18.1 Å². The van der Waals surface area contributed by atoms with E-state index in [0.29, 0.717) is 22.6 Å². The molecule has 8 heteroatoms. The van der Waals surface area contributed by atoms with Gasteiger partial charge in [0.05, 0.1) is 12.0 Å². The second kappa shape index (κ2) is 5.87. The number of rotatable bonds is 3. The lowest BCUT2D eigenvalue weighted by atomic mass is 10.0. The van der Waals surface area contributed by atoms with Crippen molar-refractivity contribution in [2.24, 2.45) is 0 Å². The maximum absolute atomic E-state index is 11.4. The first-order valence-electron chi connectivity index (χ1n) is 7.80. The van der Waals surface area contributed by atoms with Crippen LogP contribution in [0.5, 0.6) is 5.75 Å². The van der Waals surface area contributed by atoms with E-state index in [1.165, 1.54) is 18.2 Å². The summed E-state index contributed by atoms with van der Waals surface area (Å²) in [7, 11) is -2.74. The summed E-state index contributed by atoms with van der Waals surface area (Å²) in [6, 6.07) is 9.76. The minimum absolute atomic E-state index is 0.223. The third-order valence-corrected chi connectivity index (χ3v) is 5.27. The zero-order valence-corrected chi connectivity index (χ0v) is 14.5. The Morgan fingerprint density at radius 1 is 1.19 bits per heavy atom. The number of aliphatic hydroxyl groups is 1. The second-order valence-corrected chi connectivity index (χ2v) is 7.41. The zero-order chi connectivity index (χ0) is 18.5. The quantitative estimate of drug-likeness (QED) is 0.526. The molecule has 7 nitrogen and oxygen atoms in total. The van der Waals surface area contributed by atoms with Gasteiger partial charge in [-0.2, -0.15) is 8.42 Å². The van der Waals surface area contributed by atoms with Gasteiger partial charge in [-0.05, 0) is 42.5 Å². The van der Waals surface area contributed by atoms with Crippen molar-refractivity contribution in [3.05, 3.63) is 53.7 Å². The molecule has 0 bridgehead atoms. The molecule has 0 aliphatic carbocycles. The minimum Gasteiger partial charge on any atom is -0.497 e. The van der Waals surface area contributed by atoms with Gasteiger partial charge in [0.25, 0.3) is 10.1 Å². The number of benzene rings is 2. The lowest BCUT2D eigenvalue weighted by Gasteiger charge is -2.06. The molecule has 2 aromatic carbocycles. The number of nitrogens with one attached hydrogen (secondary N) is 2. The predicted octanol–water partition coefficient (Wildman–Crippen LogP) is 2.71. The smallest absolute Gasteiger partial charge is 0.294 e. The Labute approximate surface area is 149 Å². The maximum atomic E-state index is 11.4. The summed E-state index contributed by atoms with van der Waals surface area (Å²) in [6.45, 7) is 0. The first kappa shape index (κ1) is 16.6. The monoisotopic (exact) mass is 372 g/mol. The number of anilines is 1. The van der Waals surface area contributed by atoms with Gasteiger partial charge >= 0.3 is 0 Å². The van der Waals surface area contributed by atoms with Crippen LogP contribution in [0.1, 0.15) is 11.1 Å². The van der Waals surface area contributed by atoms with Crippen LogP contribution in [0.25, 0.3) is 22.6 Å². The number of hydrogen-bond acceptors (Lipinski definition) is 5. The topological polar surface area (TPSA) is 112 Å². The van der Waals surface area contributed by atoms with Crippen LogP contribution in [0.4, 0.5) is 5.69 Å². The fourth-order valence-electron chi connectivity index (χ4n) is 3.11. The Morgan fingerprint density at radius 3 is 2.73 bits per heavy atom. The van der Waals surface area contributed by atoms with Crippen molar-refractivity contribution in [1.29, 1.82) is 0 Å². The summed E-state index contributed by atoms with van der Waals surface area (Å²) in [5, 5.41) is 14.1. The standard InChI is InChI=1S/C18H16N2O5S/c1-25-11-2-4-16-13(7-11)10(9-19-16)6-15-14-8-12(26(22,23)24)3-5-17(14)20-18(15)21/h2-9,18-21H,1H3,(H,22,23,24). The van der Waals surface area contributed by atoms with Crippen molar-refractivity contribution >= 4 is 38.4 Å². The molecule has 0 amide bonds. The molecular weight excluding hydrogens is 356 g/mol. The van der Waals surface area contributed by atoms with Gasteiger partial charge < -0.3 is 20.1 Å². The Balaban J connectivity index is 1.87. The summed E-state index contributed by atoms with van der Waals surface area (Å²) < 4.78 is 37.4. The van der Waals surface area contributed by atoms with Crippen molar-refractivity contribution in [1.82, 2.24) is 4.98 Å². The van der Waals surface area contributed by atoms with Crippen LogP contribution < -0.4 is 10.1 Å². The van der Waals surface area contributed by atoms with Gasteiger partial charge in [0.15, 0.2) is 6.23 Å². The number of aromatic nitrogens is 1. The van der Waals surface area contributed by atoms with Crippen LogP contribution in [0.15, 0.2) is 47.5 Å². The van der Waals surface area contributed by atoms with Crippen LogP contribution >= 0.6 is 0 Å². The zero-order valence-electron chi connectivity index (χ0n) is 13.7. The first-order valence-corrected chi connectivity index (χ1v) is 9.24. The molecule has 2 heterocycles. The number of methoxy groups -OCH3 is 1. The fourth-order valence-corrected chi connectivity index (χ4v) is 3.62. The third kappa shape index (κ3) is 2.74. The molecule has 0 spiro atoms. The van der Waals surface area contributed by atoms with Gasteiger partial charge in [-0.25, -0.2) is 0 Å². The van der Waals surface area contributed by atoms with Crippen LogP contribution in [0, 0.1) is 0 Å². The van der Waals surface area contributed by atoms with Crippen molar-refractivity contribution in [2.45, 2.75) is 11.1 Å². The molecule has 0 saturated carbocycles. The van der Waals surface area contributed by atoms with Gasteiger partial charge in [0.2, 0.25) is 0 Å². The van der Waals surface area contributed by atoms with E-state index in [1.807, 2.05) is 18.2 Å². The maximum Gasteiger partial charge on any atom is 0.294 e. The number of aliphatic hydroxyl groups excluding tert-OH is 1. The molecule has 1 aliphatic heterocycles. The van der Waals surface area contributed by atoms with E-state index in [0.717, 1.165) is 16.5 Å². The normalized spacial score (nSPS) is 18.1. The van der Waals surface area contributed by atoms with Crippen LogP contribution in [0.3, 0.4) is 0 Å². The van der Waals surface area contributed by atoms with Crippen molar-refractivity contribution < 1.29 is 22.8 Å². The molecule has 3 aromatic rings. The summed E-state index contributed by atoms with van der Waals surface area (Å²) >= 11 is 0. The van der Waals surface area contributed by atoms with Crippen LogP contribution in [-0.2, 0) is 10.1 Å². The van der Waals surface area contributed by atoms with Gasteiger partial charge in [0, 0.05) is 39.5 Å². The molecule has 134 valence electrons. The molecule has 0 saturated heterocycles. The molecule has 0 radical (unpaired) electrons. The van der Waals surface area contributed by atoms with Gasteiger partial charge in [-0.1, -0.05) is 0 Å². The summed E-state index contributed by atoms with van der Waals surface area (Å²) in [5.74, 6) is 0.705. The summed E-state index contributed by atoms with van der Waals surface area (Å²) in [4.78, 5) is 2.93. The van der Waals surface area contributed by atoms with Crippen LogP contribution in [-0.4, -0.2) is 36.4 Å². The molecule has 1 unspecified atom stereocenters. The van der Waals surface area contributed by atoms with Crippen molar-refractivity contribution in [2.75, 3.05) is 12.4 Å². The fraction of sp³-hybridized carbons (Fsp3) is 0.111. The van der Waals surface area contributed by atoms with Crippen molar-refractivity contribution in [3.8, 4) is 5.75 Å². The molecular formula is C18H16N2O5S. The highest BCUT2D eigenvalue weighted by atomic mass is 32.2. The number of H-pyrrole nitrogens is 1. The van der Waals surface area contributed by atoms with E-state index in [1.54, 1.807) is 19.4 Å². The van der Waals surface area contributed by atoms with Gasteiger partial charge in [-0.3, -0.25) is 4.55 Å². The second-order valence-electron chi connectivity index (χ2n) is 5.98. The molecule has 4 N–H and O–H groups in total. The number of hydrogen-bond donors (Lipinski definition) is 4. The highest BCUT2D eigenvalue weighted by Crippen LogP contribution is 2.38. The first-order chi connectivity index (χ1) is 12.4. The summed E-state index contributed by atoms with van der Waals surface area (Å²) in [5.41, 5.74) is 3.34. The molecule has 0 fully saturated rings. The van der Waals surface area contributed by atoms with E-state index in [4.69, 9.17) is 4.74 Å². The predicted molar refractivity (Wildman–Crippen MR) is 98.6 cm³/mol. The van der Waals surface area contributed by atoms with E-state index in [2.05, 4.69) is 10.3 Å². The Bertz CT molecular complexity index is 1150. The highest BCUT2D eigenvalue weighted by Gasteiger charge is 2.26. The number of fused-ring (bicyclic) bond motifs is 2. The SMILES string of the molecule is COc1ccc2[nH]cc(C=C3c4cc(S(=O)(=O)O)ccc4NC3O)c2c1. The van der Waals surface area contributed by atoms with E-state index < -0.39 is 16.3 Å². The average molecular weight is 372 g/mol. The average Bonchev–Trinajstić information content (AvgIpc) is 3.14. The largest absolute Gasteiger partial charge is 0.497 e. The Kier molecular flexibility index (Phi) is 3.76. The molecule has 26 heavy (non-hydrogen) atoms. The molecule has 1 atom stereocenters. The number of ether oxygens (including phenoxy) is 1. The van der Waals surface area contributed by atoms with Crippen LogP contribution in [0.2, 0.25) is 0 Å². The Hall–Kier alpha value is -2.81. The van der Waals surface area contributed by atoms with Gasteiger partial charge in [0.1, 0.15) is 5.75 Å².